The molecule has 0 aromatic heterocycles. The van der Waals surface area contributed by atoms with Gasteiger partial charge in [-0.3, -0.25) is 19.3 Å². The molecule has 1 atom stereocenters. The number of rotatable bonds is 6. The fraction of sp³-hybridized carbons (Fsp3) is 0.238. The second-order valence-electron chi connectivity index (χ2n) is 7.36. The Balaban J connectivity index is 1.58. The van der Waals surface area contributed by atoms with Crippen molar-refractivity contribution >= 4 is 29.4 Å². The predicted molar refractivity (Wildman–Crippen MR) is 107 cm³/mol. The van der Waals surface area contributed by atoms with Gasteiger partial charge in [-0.15, -0.1) is 0 Å². The Morgan fingerprint density at radius 1 is 1.00 bits per heavy atom. The number of hydrogen-bond acceptors (Lipinski definition) is 4. The molecule has 2 aromatic carbocycles. The molecule has 0 unspecified atom stereocenters. The lowest BCUT2D eigenvalue weighted by Crippen LogP contribution is -2.44. The molecule has 3 N–H and O–H groups in total. The van der Waals surface area contributed by atoms with Crippen molar-refractivity contribution in [1.29, 1.82) is 0 Å². The van der Waals surface area contributed by atoms with Gasteiger partial charge in [0, 0.05) is 0 Å². The zero-order valence-corrected chi connectivity index (χ0v) is 17.1. The van der Waals surface area contributed by atoms with Crippen molar-refractivity contribution in [1.82, 2.24) is 15.5 Å². The molecule has 168 valence electrons. The second kappa shape index (κ2) is 8.69. The van der Waals surface area contributed by atoms with E-state index in [-0.39, 0.29) is 0 Å². The summed E-state index contributed by atoms with van der Waals surface area (Å²) in [5, 5.41) is 6.72. The third-order valence-corrected chi connectivity index (χ3v) is 4.96. The number of imide groups is 1. The summed E-state index contributed by atoms with van der Waals surface area (Å²) in [6.07, 6.45) is 0. The molecule has 5 amide bonds. The van der Waals surface area contributed by atoms with Gasteiger partial charge in [0.1, 0.15) is 12.1 Å². The van der Waals surface area contributed by atoms with Crippen LogP contribution in [0, 0.1) is 24.4 Å². The highest BCUT2D eigenvalue weighted by molar-refractivity contribution is 6.09. The van der Waals surface area contributed by atoms with Gasteiger partial charge >= 0.3 is 6.03 Å². The third-order valence-electron chi connectivity index (χ3n) is 4.96. The Morgan fingerprint density at radius 2 is 1.66 bits per heavy atom. The summed E-state index contributed by atoms with van der Waals surface area (Å²) in [6.45, 7) is 2.07. The zero-order chi connectivity index (χ0) is 23.6. The maximum absolute atomic E-state index is 13.6. The molecule has 0 radical (unpaired) electrons. The van der Waals surface area contributed by atoms with Crippen LogP contribution in [0.1, 0.15) is 18.1 Å². The smallest absolute Gasteiger partial charge is 0.325 e. The van der Waals surface area contributed by atoms with Crippen molar-refractivity contribution in [3.8, 4) is 0 Å². The summed E-state index contributed by atoms with van der Waals surface area (Å²) in [5.41, 5.74) is -0.456. The minimum absolute atomic E-state index is 0.539. The molecular formula is C21H19F3N4O4. The number of anilines is 1. The van der Waals surface area contributed by atoms with Crippen LogP contribution in [0.3, 0.4) is 0 Å². The Kier molecular flexibility index (Phi) is 6.19. The fourth-order valence-electron chi connectivity index (χ4n) is 3.12. The van der Waals surface area contributed by atoms with Gasteiger partial charge in [-0.1, -0.05) is 29.8 Å². The van der Waals surface area contributed by atoms with E-state index in [2.05, 4.69) is 10.6 Å². The molecule has 32 heavy (non-hydrogen) atoms. The number of aryl methyl sites for hydroxylation is 1. The highest BCUT2D eigenvalue weighted by Gasteiger charge is 2.49. The van der Waals surface area contributed by atoms with Gasteiger partial charge in [-0.05, 0) is 31.5 Å². The first kappa shape index (κ1) is 22.8. The number of amides is 5. The topological polar surface area (TPSA) is 108 Å². The van der Waals surface area contributed by atoms with Crippen molar-refractivity contribution in [2.24, 2.45) is 0 Å². The lowest BCUT2D eigenvalue weighted by Gasteiger charge is -2.22. The summed E-state index contributed by atoms with van der Waals surface area (Å²) < 4.78 is 39.8. The van der Waals surface area contributed by atoms with Crippen LogP contribution in [0.15, 0.2) is 36.4 Å². The minimum Gasteiger partial charge on any atom is -0.345 e. The number of carbonyl (C=O) groups is 4. The molecule has 0 bridgehead atoms. The number of nitrogens with one attached hydrogen (secondary N) is 3. The molecular weight excluding hydrogens is 429 g/mol. The first-order chi connectivity index (χ1) is 15.0. The standard InChI is InChI=1S/C21H19F3N4O4/c1-11-3-5-12(6-4-11)21(2)19(31)28(20(32)27-21)10-16(30)25-9-15(29)26-14-8-7-13(22)17(23)18(14)24/h3-8H,9-10H2,1-2H3,(H,25,30)(H,26,29)(H,27,32)/t21-/m1/s1. The average Bonchev–Trinajstić information content (AvgIpc) is 2.97. The van der Waals surface area contributed by atoms with Crippen molar-refractivity contribution in [3.63, 3.8) is 0 Å². The Hall–Kier alpha value is -3.89. The third kappa shape index (κ3) is 4.41. The Labute approximate surface area is 180 Å². The van der Waals surface area contributed by atoms with Gasteiger partial charge in [0.05, 0.1) is 12.2 Å². The average molecular weight is 448 g/mol. The molecule has 1 fully saturated rings. The largest absolute Gasteiger partial charge is 0.345 e. The van der Waals surface area contributed by atoms with Crippen LogP contribution in [0.4, 0.5) is 23.7 Å². The van der Waals surface area contributed by atoms with Crippen LogP contribution < -0.4 is 16.0 Å². The van der Waals surface area contributed by atoms with Gasteiger partial charge in [-0.25, -0.2) is 18.0 Å². The highest BCUT2D eigenvalue weighted by atomic mass is 19.2. The summed E-state index contributed by atoms with van der Waals surface area (Å²) in [4.78, 5) is 49.8. The van der Waals surface area contributed by atoms with Crippen molar-refractivity contribution in [3.05, 3.63) is 65.0 Å². The second-order valence-corrected chi connectivity index (χ2v) is 7.36. The van der Waals surface area contributed by atoms with E-state index in [4.69, 9.17) is 0 Å². The van der Waals surface area contributed by atoms with E-state index in [1.165, 1.54) is 6.92 Å². The summed E-state index contributed by atoms with van der Waals surface area (Å²) >= 11 is 0. The van der Waals surface area contributed by atoms with Gasteiger partial charge in [0.2, 0.25) is 11.8 Å². The van der Waals surface area contributed by atoms with Crippen LogP contribution in [0.2, 0.25) is 0 Å². The number of urea groups is 1. The van der Waals surface area contributed by atoms with Crippen LogP contribution in [-0.2, 0) is 19.9 Å². The van der Waals surface area contributed by atoms with E-state index in [1.807, 2.05) is 12.2 Å². The zero-order valence-electron chi connectivity index (χ0n) is 17.1. The molecule has 0 spiro atoms. The maximum atomic E-state index is 13.6. The number of carbonyl (C=O) groups excluding carboxylic acids is 4. The van der Waals surface area contributed by atoms with Crippen molar-refractivity contribution < 1.29 is 32.3 Å². The monoisotopic (exact) mass is 448 g/mol. The lowest BCUT2D eigenvalue weighted by molar-refractivity contribution is -0.135. The molecule has 1 aliphatic rings. The molecule has 3 rings (SSSR count). The van der Waals surface area contributed by atoms with E-state index < -0.39 is 65.5 Å². The van der Waals surface area contributed by atoms with E-state index >= 15 is 0 Å². The van der Waals surface area contributed by atoms with Crippen LogP contribution >= 0.6 is 0 Å². The van der Waals surface area contributed by atoms with E-state index in [0.29, 0.717) is 16.5 Å². The van der Waals surface area contributed by atoms with Crippen LogP contribution in [0.5, 0.6) is 0 Å². The van der Waals surface area contributed by atoms with E-state index in [9.17, 15) is 32.3 Å². The molecule has 1 heterocycles. The molecule has 1 aliphatic heterocycles. The molecule has 0 aliphatic carbocycles. The quantitative estimate of drug-likeness (QED) is 0.464. The highest BCUT2D eigenvalue weighted by Crippen LogP contribution is 2.28. The number of halogens is 3. The number of benzene rings is 2. The van der Waals surface area contributed by atoms with E-state index in [0.717, 1.165) is 11.6 Å². The van der Waals surface area contributed by atoms with Gasteiger partial charge < -0.3 is 16.0 Å². The molecule has 0 saturated carbocycles. The summed E-state index contributed by atoms with van der Waals surface area (Å²) in [7, 11) is 0. The number of hydrogen-bond donors (Lipinski definition) is 3. The molecule has 1 saturated heterocycles. The maximum Gasteiger partial charge on any atom is 0.325 e. The van der Waals surface area contributed by atoms with Crippen LogP contribution in [-0.4, -0.2) is 41.7 Å². The Morgan fingerprint density at radius 3 is 2.31 bits per heavy atom. The first-order valence-corrected chi connectivity index (χ1v) is 9.44. The minimum atomic E-state index is -1.75. The number of nitrogens with zero attached hydrogens (tertiary/aromatic N) is 1. The molecule has 2 aromatic rings. The van der Waals surface area contributed by atoms with Crippen molar-refractivity contribution in [2.75, 3.05) is 18.4 Å². The summed E-state index contributed by atoms with van der Waals surface area (Å²) in [6, 6.07) is 7.63. The molecule has 11 heteroatoms. The fourth-order valence-corrected chi connectivity index (χ4v) is 3.12. The van der Waals surface area contributed by atoms with Crippen LogP contribution in [0.25, 0.3) is 0 Å². The first-order valence-electron chi connectivity index (χ1n) is 9.44. The normalized spacial score (nSPS) is 17.8. The van der Waals surface area contributed by atoms with Crippen molar-refractivity contribution in [2.45, 2.75) is 19.4 Å². The van der Waals surface area contributed by atoms with Gasteiger partial charge in [0.25, 0.3) is 5.91 Å². The summed E-state index contributed by atoms with van der Waals surface area (Å²) in [5.74, 6) is -7.15. The van der Waals surface area contributed by atoms with Gasteiger partial charge in [0.15, 0.2) is 17.5 Å². The Bertz CT molecular complexity index is 1110. The molecule has 8 nitrogen and oxygen atoms in total. The lowest BCUT2D eigenvalue weighted by atomic mass is 9.91. The SMILES string of the molecule is Cc1ccc([C@@]2(C)NC(=O)N(CC(=O)NCC(=O)Nc3ccc(F)c(F)c3F)C2=O)cc1. The van der Waals surface area contributed by atoms with Gasteiger partial charge in [-0.2, -0.15) is 0 Å². The van der Waals surface area contributed by atoms with E-state index in [1.54, 1.807) is 24.3 Å². The predicted octanol–water partition coefficient (Wildman–Crippen LogP) is 1.93.